The number of para-hydroxylation sites is 1. The highest BCUT2D eigenvalue weighted by Crippen LogP contribution is 2.04. The third-order valence-electron chi connectivity index (χ3n) is 2.40. The van der Waals surface area contributed by atoms with E-state index in [9.17, 15) is 9.59 Å². The molecule has 0 saturated carbocycles. The first-order valence-corrected chi connectivity index (χ1v) is 5.25. The molecule has 0 bridgehead atoms. The second-order valence-electron chi connectivity index (χ2n) is 3.68. The average molecular weight is 232 g/mol. The zero-order chi connectivity index (χ0) is 12.3. The number of nitrogens with zero attached hydrogens (tertiary/aromatic N) is 1. The van der Waals surface area contributed by atoms with E-state index >= 15 is 0 Å². The van der Waals surface area contributed by atoms with E-state index in [1.165, 1.54) is 10.7 Å². The Kier molecular flexibility index (Phi) is 3.09. The van der Waals surface area contributed by atoms with Gasteiger partial charge in [0.25, 0.3) is 5.56 Å². The fraction of sp³-hybridized carbons (Fsp3) is 0.167. The van der Waals surface area contributed by atoms with Crippen LogP contribution in [-0.4, -0.2) is 20.9 Å². The van der Waals surface area contributed by atoms with Gasteiger partial charge >= 0.3 is 5.97 Å². The minimum Gasteiger partial charge on any atom is -0.481 e. The van der Waals surface area contributed by atoms with Gasteiger partial charge in [0, 0.05) is 11.8 Å². The van der Waals surface area contributed by atoms with E-state index in [2.05, 4.69) is 5.10 Å². The SMILES string of the molecule is O=C(O)CCc1cc(=O)n(-c2ccccc2)[nH]1. The van der Waals surface area contributed by atoms with Gasteiger partial charge in [0.1, 0.15) is 0 Å². The lowest BCUT2D eigenvalue weighted by Gasteiger charge is -2.00. The number of carboxylic acids is 1. The first-order valence-electron chi connectivity index (χ1n) is 5.25. The lowest BCUT2D eigenvalue weighted by atomic mass is 10.2. The summed E-state index contributed by atoms with van der Waals surface area (Å²) in [7, 11) is 0. The zero-order valence-corrected chi connectivity index (χ0v) is 9.09. The standard InChI is InChI=1S/C12H12N2O3/c15-11-8-9(6-7-12(16)17)13-14(11)10-4-2-1-3-5-10/h1-5,8,13H,6-7H2,(H,16,17). The van der Waals surface area contributed by atoms with Crippen LogP contribution in [0.2, 0.25) is 0 Å². The van der Waals surface area contributed by atoms with Crippen LogP contribution in [0.25, 0.3) is 5.69 Å². The predicted molar refractivity (Wildman–Crippen MR) is 62.3 cm³/mol. The Morgan fingerprint density at radius 3 is 2.65 bits per heavy atom. The van der Waals surface area contributed by atoms with E-state index in [0.717, 1.165) is 5.69 Å². The number of aryl methyl sites for hydroxylation is 1. The van der Waals surface area contributed by atoms with Crippen LogP contribution < -0.4 is 5.56 Å². The van der Waals surface area contributed by atoms with Crippen LogP contribution in [0.1, 0.15) is 12.1 Å². The lowest BCUT2D eigenvalue weighted by Crippen LogP contribution is -2.13. The van der Waals surface area contributed by atoms with Gasteiger partial charge in [-0.15, -0.1) is 0 Å². The molecular weight excluding hydrogens is 220 g/mol. The summed E-state index contributed by atoms with van der Waals surface area (Å²) in [5.74, 6) is -0.877. The van der Waals surface area contributed by atoms with Crippen LogP contribution in [0.5, 0.6) is 0 Å². The molecule has 0 aliphatic carbocycles. The van der Waals surface area contributed by atoms with Crippen LogP contribution in [0.4, 0.5) is 0 Å². The maximum absolute atomic E-state index is 11.7. The van der Waals surface area contributed by atoms with Crippen molar-refractivity contribution in [3.05, 3.63) is 52.4 Å². The first-order chi connectivity index (χ1) is 8.16. The number of aromatic amines is 1. The molecule has 2 rings (SSSR count). The van der Waals surface area contributed by atoms with Gasteiger partial charge < -0.3 is 5.11 Å². The number of rotatable bonds is 4. The molecule has 0 radical (unpaired) electrons. The molecule has 5 heteroatoms. The highest BCUT2D eigenvalue weighted by atomic mass is 16.4. The van der Waals surface area contributed by atoms with E-state index in [0.29, 0.717) is 12.1 Å². The molecule has 0 unspecified atom stereocenters. The van der Waals surface area contributed by atoms with Gasteiger partial charge in [-0.3, -0.25) is 14.7 Å². The lowest BCUT2D eigenvalue weighted by molar-refractivity contribution is -0.136. The summed E-state index contributed by atoms with van der Waals surface area (Å²) in [6, 6.07) is 10.6. The quantitative estimate of drug-likeness (QED) is 0.831. The number of hydrogen-bond acceptors (Lipinski definition) is 2. The molecule has 0 fully saturated rings. The van der Waals surface area contributed by atoms with Gasteiger partial charge in [0.05, 0.1) is 12.1 Å². The number of carbonyl (C=O) groups is 1. The van der Waals surface area contributed by atoms with Crippen molar-refractivity contribution in [3.8, 4) is 5.69 Å². The fourth-order valence-corrected chi connectivity index (χ4v) is 1.58. The van der Waals surface area contributed by atoms with Crippen molar-refractivity contribution in [2.45, 2.75) is 12.8 Å². The van der Waals surface area contributed by atoms with Crippen LogP contribution in [-0.2, 0) is 11.2 Å². The number of aliphatic carboxylic acids is 1. The molecular formula is C12H12N2O3. The molecule has 17 heavy (non-hydrogen) atoms. The second-order valence-corrected chi connectivity index (χ2v) is 3.68. The molecule has 0 aliphatic heterocycles. The van der Waals surface area contributed by atoms with Crippen molar-refractivity contribution in [1.29, 1.82) is 0 Å². The van der Waals surface area contributed by atoms with Crippen molar-refractivity contribution in [2.75, 3.05) is 0 Å². The molecule has 1 heterocycles. The van der Waals surface area contributed by atoms with E-state index < -0.39 is 5.97 Å². The second kappa shape index (κ2) is 4.69. The highest BCUT2D eigenvalue weighted by Gasteiger charge is 2.06. The Hall–Kier alpha value is -2.30. The first kappa shape index (κ1) is 11.2. The third kappa shape index (κ3) is 2.63. The smallest absolute Gasteiger partial charge is 0.303 e. The van der Waals surface area contributed by atoms with Gasteiger partial charge in [-0.2, -0.15) is 0 Å². The van der Waals surface area contributed by atoms with Crippen molar-refractivity contribution >= 4 is 5.97 Å². The third-order valence-corrected chi connectivity index (χ3v) is 2.40. The number of carboxylic acid groups (broad SMARTS) is 1. The van der Waals surface area contributed by atoms with Crippen molar-refractivity contribution in [2.24, 2.45) is 0 Å². The Labute approximate surface area is 97.3 Å². The molecule has 0 atom stereocenters. The topological polar surface area (TPSA) is 75.1 Å². The van der Waals surface area contributed by atoms with Gasteiger partial charge in [-0.1, -0.05) is 18.2 Å². The largest absolute Gasteiger partial charge is 0.481 e. The predicted octanol–water partition coefficient (Wildman–Crippen LogP) is 1.18. The Balaban J connectivity index is 2.26. The van der Waals surface area contributed by atoms with E-state index in [4.69, 9.17) is 5.11 Å². The van der Waals surface area contributed by atoms with Gasteiger partial charge in [0.2, 0.25) is 0 Å². The van der Waals surface area contributed by atoms with E-state index in [1.54, 1.807) is 12.1 Å². The Morgan fingerprint density at radius 1 is 1.29 bits per heavy atom. The van der Waals surface area contributed by atoms with Crippen molar-refractivity contribution in [1.82, 2.24) is 9.78 Å². The molecule has 2 N–H and O–H groups in total. The maximum atomic E-state index is 11.7. The molecule has 1 aromatic carbocycles. The van der Waals surface area contributed by atoms with Crippen molar-refractivity contribution in [3.63, 3.8) is 0 Å². The summed E-state index contributed by atoms with van der Waals surface area (Å²) >= 11 is 0. The fourth-order valence-electron chi connectivity index (χ4n) is 1.58. The number of aromatic nitrogens is 2. The molecule has 0 spiro atoms. The average Bonchev–Trinajstić information content (AvgIpc) is 2.69. The van der Waals surface area contributed by atoms with Crippen LogP contribution in [0.3, 0.4) is 0 Å². The van der Waals surface area contributed by atoms with Crippen LogP contribution >= 0.6 is 0 Å². The summed E-state index contributed by atoms with van der Waals surface area (Å²) in [5.41, 5.74) is 1.18. The van der Waals surface area contributed by atoms with Gasteiger partial charge in [-0.05, 0) is 18.6 Å². The Bertz CT molecular complexity index is 569. The van der Waals surface area contributed by atoms with E-state index in [-0.39, 0.29) is 12.0 Å². The summed E-state index contributed by atoms with van der Waals surface area (Å²) in [4.78, 5) is 22.1. The molecule has 0 aliphatic rings. The molecule has 0 saturated heterocycles. The molecule has 0 amide bonds. The summed E-state index contributed by atoms with van der Waals surface area (Å²) in [6.07, 6.45) is 0.332. The number of benzene rings is 1. The minimum atomic E-state index is -0.877. The Morgan fingerprint density at radius 2 is 2.00 bits per heavy atom. The summed E-state index contributed by atoms with van der Waals surface area (Å²) in [6.45, 7) is 0. The van der Waals surface area contributed by atoms with Gasteiger partial charge in [0.15, 0.2) is 0 Å². The number of H-pyrrole nitrogens is 1. The normalized spacial score (nSPS) is 10.4. The van der Waals surface area contributed by atoms with Crippen LogP contribution in [0.15, 0.2) is 41.2 Å². The van der Waals surface area contributed by atoms with Crippen molar-refractivity contribution < 1.29 is 9.90 Å². The highest BCUT2D eigenvalue weighted by molar-refractivity contribution is 5.66. The molecule has 5 nitrogen and oxygen atoms in total. The maximum Gasteiger partial charge on any atom is 0.303 e. The molecule has 88 valence electrons. The summed E-state index contributed by atoms with van der Waals surface area (Å²) < 4.78 is 1.40. The monoisotopic (exact) mass is 232 g/mol. The van der Waals surface area contributed by atoms with Gasteiger partial charge in [-0.25, -0.2) is 4.68 Å². The van der Waals surface area contributed by atoms with E-state index in [1.807, 2.05) is 18.2 Å². The van der Waals surface area contributed by atoms with Crippen LogP contribution in [0, 0.1) is 0 Å². The summed E-state index contributed by atoms with van der Waals surface area (Å²) in [5, 5.41) is 11.5. The zero-order valence-electron chi connectivity index (χ0n) is 9.09. The molecule has 2 aromatic rings. The number of nitrogens with one attached hydrogen (secondary N) is 1. The number of hydrogen-bond donors (Lipinski definition) is 2. The molecule has 1 aromatic heterocycles. The minimum absolute atomic E-state index is 0.00867.